The Hall–Kier alpha value is -3.30. The molecule has 9 heteroatoms. The molecule has 1 aliphatic rings. The van der Waals surface area contributed by atoms with Crippen molar-refractivity contribution in [1.82, 2.24) is 5.43 Å². The van der Waals surface area contributed by atoms with Crippen LogP contribution in [0.4, 0.5) is 5.69 Å². The van der Waals surface area contributed by atoms with Gasteiger partial charge in [-0.1, -0.05) is 18.2 Å². The highest BCUT2D eigenvalue weighted by Gasteiger charge is 2.21. The van der Waals surface area contributed by atoms with Crippen LogP contribution in [0.5, 0.6) is 5.75 Å². The van der Waals surface area contributed by atoms with Gasteiger partial charge in [0, 0.05) is 24.1 Å². The van der Waals surface area contributed by atoms with Crippen LogP contribution in [0, 0.1) is 0 Å². The minimum absolute atomic E-state index is 0.199. The third-order valence-corrected chi connectivity index (χ3v) is 8.08. The van der Waals surface area contributed by atoms with Crippen molar-refractivity contribution in [3.8, 4) is 5.75 Å². The lowest BCUT2D eigenvalue weighted by Crippen LogP contribution is -2.30. The van der Waals surface area contributed by atoms with Crippen LogP contribution in [-0.2, 0) is 10.0 Å². The molecule has 4 rings (SSSR count). The minimum Gasteiger partial charge on any atom is -0.489 e. The Labute approximate surface area is 197 Å². The molecule has 170 valence electrons. The first-order chi connectivity index (χ1) is 15.9. The second-order valence-corrected chi connectivity index (χ2v) is 10.4. The fraction of sp³-hybridized carbons (Fsp3) is 0.167. The van der Waals surface area contributed by atoms with Gasteiger partial charge in [0.25, 0.3) is 15.9 Å². The van der Waals surface area contributed by atoms with Crippen molar-refractivity contribution in [3.63, 3.8) is 0 Å². The highest BCUT2D eigenvalue weighted by Crippen LogP contribution is 2.24. The van der Waals surface area contributed by atoms with Gasteiger partial charge in [-0.15, -0.1) is 0 Å². The number of rotatable bonds is 8. The molecule has 0 unspecified atom stereocenters. The fourth-order valence-corrected chi connectivity index (χ4v) is 4.83. The van der Waals surface area contributed by atoms with E-state index in [1.165, 1.54) is 11.4 Å². The van der Waals surface area contributed by atoms with E-state index in [0.717, 1.165) is 22.8 Å². The smallest absolute Gasteiger partial charge is 0.271 e. The van der Waals surface area contributed by atoms with E-state index >= 15 is 0 Å². The number of hydrogen-bond donors (Lipinski definition) is 1. The van der Waals surface area contributed by atoms with E-state index in [1.807, 2.05) is 36.0 Å². The first-order valence-electron chi connectivity index (χ1n) is 10.3. The number of hydrogen-bond acceptors (Lipinski definition) is 6. The van der Waals surface area contributed by atoms with Crippen molar-refractivity contribution in [2.45, 2.75) is 11.0 Å². The largest absolute Gasteiger partial charge is 0.489 e. The second-order valence-electron chi connectivity index (χ2n) is 7.38. The van der Waals surface area contributed by atoms with E-state index in [9.17, 15) is 13.2 Å². The van der Waals surface area contributed by atoms with Gasteiger partial charge in [-0.3, -0.25) is 9.10 Å². The molecular weight excluding hydrogens is 458 g/mol. The van der Waals surface area contributed by atoms with E-state index in [1.54, 1.807) is 60.8 Å². The number of thioether (sulfide) groups is 1. The lowest BCUT2D eigenvalue weighted by atomic mass is 10.2. The van der Waals surface area contributed by atoms with Gasteiger partial charge in [-0.25, -0.2) is 13.8 Å². The fourth-order valence-electron chi connectivity index (χ4n) is 3.05. The number of nitrogens with one attached hydrogen (secondary N) is 1. The maximum Gasteiger partial charge on any atom is 0.271 e. The molecule has 1 fully saturated rings. The molecule has 0 atom stereocenters. The predicted molar refractivity (Wildman–Crippen MR) is 132 cm³/mol. The number of anilines is 1. The molecule has 0 aliphatic carbocycles. The van der Waals surface area contributed by atoms with Crippen molar-refractivity contribution in [2.75, 3.05) is 22.9 Å². The van der Waals surface area contributed by atoms with Crippen LogP contribution in [0.3, 0.4) is 0 Å². The molecule has 33 heavy (non-hydrogen) atoms. The summed E-state index contributed by atoms with van der Waals surface area (Å²) in [6, 6.07) is 22.0. The molecule has 3 aromatic rings. The third kappa shape index (κ3) is 5.55. The molecular formula is C24H23N3O4S2. The van der Waals surface area contributed by atoms with Crippen LogP contribution in [0.2, 0.25) is 0 Å². The standard InChI is InChI=1S/C24H23N3O4S2/c1-27(33(29,30)23-5-3-2-4-6-23)20-11-9-19(10-12-20)24(28)26-25-15-18-7-13-21(14-8-18)31-22-16-32-17-22/h2-15,22H,16-17H2,1H3,(H,26,28)/b25-15-. The molecule has 0 spiro atoms. The zero-order valence-corrected chi connectivity index (χ0v) is 19.6. The topological polar surface area (TPSA) is 88.1 Å². The zero-order chi connectivity index (χ0) is 23.3. The Morgan fingerprint density at radius 2 is 1.70 bits per heavy atom. The normalized spacial score (nSPS) is 14.0. The first-order valence-corrected chi connectivity index (χ1v) is 12.8. The molecule has 7 nitrogen and oxygen atoms in total. The van der Waals surface area contributed by atoms with Crippen molar-refractivity contribution in [3.05, 3.63) is 90.0 Å². The summed E-state index contributed by atoms with van der Waals surface area (Å²) < 4.78 is 32.5. The number of ether oxygens (including phenoxy) is 1. The SMILES string of the molecule is CN(c1ccc(C(=O)N/N=C\c2ccc(OC3CSC3)cc2)cc1)S(=O)(=O)c1ccccc1. The van der Waals surface area contributed by atoms with E-state index in [2.05, 4.69) is 10.5 Å². The summed E-state index contributed by atoms with van der Waals surface area (Å²) in [5.41, 5.74) is 4.12. The summed E-state index contributed by atoms with van der Waals surface area (Å²) >= 11 is 1.87. The first kappa shape index (κ1) is 22.9. The maximum atomic E-state index is 12.7. The molecule has 1 N–H and O–H groups in total. The Morgan fingerprint density at radius 3 is 2.30 bits per heavy atom. The molecule has 0 saturated carbocycles. The molecule has 1 heterocycles. The Kier molecular flexibility index (Phi) is 7.00. The van der Waals surface area contributed by atoms with E-state index < -0.39 is 15.9 Å². The Morgan fingerprint density at radius 1 is 1.03 bits per heavy atom. The van der Waals surface area contributed by atoms with Crippen LogP contribution in [-0.4, -0.2) is 45.2 Å². The number of nitrogens with zero attached hydrogens (tertiary/aromatic N) is 2. The van der Waals surface area contributed by atoms with Crippen molar-refractivity contribution >= 4 is 39.6 Å². The summed E-state index contributed by atoms with van der Waals surface area (Å²) in [5.74, 6) is 2.47. The number of carbonyl (C=O) groups is 1. The van der Waals surface area contributed by atoms with Crippen LogP contribution >= 0.6 is 11.8 Å². The van der Waals surface area contributed by atoms with Crippen molar-refractivity contribution in [1.29, 1.82) is 0 Å². The minimum atomic E-state index is -3.68. The van der Waals surface area contributed by atoms with Gasteiger partial charge in [-0.05, 0) is 66.2 Å². The summed E-state index contributed by atoms with van der Waals surface area (Å²) in [7, 11) is -2.20. The Balaban J connectivity index is 1.34. The van der Waals surface area contributed by atoms with Gasteiger partial charge >= 0.3 is 0 Å². The van der Waals surface area contributed by atoms with Gasteiger partial charge in [0.15, 0.2) is 0 Å². The molecule has 0 aromatic heterocycles. The number of hydrazone groups is 1. The summed E-state index contributed by atoms with van der Waals surface area (Å²) in [4.78, 5) is 12.6. The van der Waals surface area contributed by atoms with E-state index in [0.29, 0.717) is 17.4 Å². The number of sulfonamides is 1. The molecule has 1 saturated heterocycles. The molecule has 3 aromatic carbocycles. The van der Waals surface area contributed by atoms with E-state index in [4.69, 9.17) is 4.74 Å². The average molecular weight is 482 g/mol. The molecule has 1 aliphatic heterocycles. The van der Waals surface area contributed by atoms with Crippen molar-refractivity contribution < 1.29 is 17.9 Å². The predicted octanol–water partition coefficient (Wildman–Crippen LogP) is 3.77. The van der Waals surface area contributed by atoms with Crippen LogP contribution in [0.1, 0.15) is 15.9 Å². The highest BCUT2D eigenvalue weighted by molar-refractivity contribution is 8.00. The average Bonchev–Trinajstić information content (AvgIpc) is 2.82. The van der Waals surface area contributed by atoms with Gasteiger partial charge in [0.05, 0.1) is 16.8 Å². The van der Waals surface area contributed by atoms with Crippen LogP contribution in [0.15, 0.2) is 88.9 Å². The third-order valence-electron chi connectivity index (χ3n) is 5.06. The number of amides is 1. The molecule has 0 radical (unpaired) electrons. The van der Waals surface area contributed by atoms with Crippen LogP contribution < -0.4 is 14.5 Å². The summed E-state index contributed by atoms with van der Waals surface area (Å²) in [6.07, 6.45) is 1.84. The van der Waals surface area contributed by atoms with Crippen LogP contribution in [0.25, 0.3) is 0 Å². The number of carbonyl (C=O) groups excluding carboxylic acids is 1. The van der Waals surface area contributed by atoms with E-state index in [-0.39, 0.29) is 4.90 Å². The van der Waals surface area contributed by atoms with Gasteiger partial charge in [0.2, 0.25) is 0 Å². The van der Waals surface area contributed by atoms with Gasteiger partial charge < -0.3 is 4.74 Å². The lowest BCUT2D eigenvalue weighted by molar-refractivity contribution is 0.0955. The summed E-state index contributed by atoms with van der Waals surface area (Å²) in [5, 5.41) is 4.00. The monoisotopic (exact) mass is 481 g/mol. The number of benzene rings is 3. The van der Waals surface area contributed by atoms with Gasteiger partial charge in [0.1, 0.15) is 11.9 Å². The highest BCUT2D eigenvalue weighted by atomic mass is 32.2. The molecule has 1 amide bonds. The summed E-state index contributed by atoms with van der Waals surface area (Å²) in [6.45, 7) is 0. The lowest BCUT2D eigenvalue weighted by Gasteiger charge is -2.25. The Bertz CT molecular complexity index is 1220. The van der Waals surface area contributed by atoms with Crippen molar-refractivity contribution in [2.24, 2.45) is 5.10 Å². The maximum absolute atomic E-state index is 12.7. The zero-order valence-electron chi connectivity index (χ0n) is 17.9. The van der Waals surface area contributed by atoms with Gasteiger partial charge in [-0.2, -0.15) is 16.9 Å². The molecule has 0 bridgehead atoms. The second kappa shape index (κ2) is 10.1. The quantitative estimate of drug-likeness (QED) is 0.391.